The van der Waals surface area contributed by atoms with E-state index in [-0.39, 0.29) is 23.7 Å². The lowest BCUT2D eigenvalue weighted by molar-refractivity contribution is -0.125. The highest BCUT2D eigenvalue weighted by Gasteiger charge is 2.47. The summed E-state index contributed by atoms with van der Waals surface area (Å²) in [5, 5.41) is 6.29. The smallest absolute Gasteiger partial charge is 0.228 e. The van der Waals surface area contributed by atoms with Crippen LogP contribution >= 0.6 is 11.6 Å². The van der Waals surface area contributed by atoms with Crippen molar-refractivity contribution in [3.05, 3.63) is 53.1 Å². The maximum atomic E-state index is 12.3. The van der Waals surface area contributed by atoms with Gasteiger partial charge in [-0.1, -0.05) is 17.7 Å². The molecule has 2 atom stereocenters. The van der Waals surface area contributed by atoms with E-state index in [4.69, 9.17) is 21.1 Å². The highest BCUT2D eigenvalue weighted by molar-refractivity contribution is 6.30. The molecule has 0 aliphatic heterocycles. The summed E-state index contributed by atoms with van der Waals surface area (Å²) in [6.45, 7) is 0.362. The quantitative estimate of drug-likeness (QED) is 0.763. The number of hydrogen-bond donors (Lipinski definition) is 2. The van der Waals surface area contributed by atoms with E-state index in [1.807, 2.05) is 12.1 Å². The van der Waals surface area contributed by atoms with Gasteiger partial charge in [0.15, 0.2) is 11.5 Å². The highest BCUT2D eigenvalue weighted by atomic mass is 35.5. The first-order valence-electron chi connectivity index (χ1n) is 8.57. The van der Waals surface area contributed by atoms with Gasteiger partial charge in [0.1, 0.15) is 0 Å². The number of anilines is 1. The van der Waals surface area contributed by atoms with E-state index in [0.29, 0.717) is 35.2 Å². The van der Waals surface area contributed by atoms with Gasteiger partial charge in [-0.3, -0.25) is 9.59 Å². The highest BCUT2D eigenvalue weighted by Crippen LogP contribution is 2.39. The van der Waals surface area contributed by atoms with Crippen molar-refractivity contribution < 1.29 is 19.1 Å². The van der Waals surface area contributed by atoms with Crippen LogP contribution in [0.15, 0.2) is 42.5 Å². The zero-order chi connectivity index (χ0) is 19.4. The van der Waals surface area contributed by atoms with Crippen LogP contribution in [-0.2, 0) is 16.1 Å². The molecule has 1 fully saturated rings. The summed E-state index contributed by atoms with van der Waals surface area (Å²) in [4.78, 5) is 24.6. The minimum Gasteiger partial charge on any atom is -0.493 e. The average Bonchev–Trinajstić information content (AvgIpc) is 3.48. The molecule has 3 rings (SSSR count). The summed E-state index contributed by atoms with van der Waals surface area (Å²) < 4.78 is 10.5. The molecule has 0 radical (unpaired) electrons. The Morgan fingerprint density at radius 3 is 2.33 bits per heavy atom. The van der Waals surface area contributed by atoms with E-state index >= 15 is 0 Å². The first kappa shape index (κ1) is 19.0. The molecule has 1 saturated carbocycles. The Bertz CT molecular complexity index is 838. The molecule has 2 N–H and O–H groups in total. The molecule has 1 aliphatic rings. The van der Waals surface area contributed by atoms with Crippen LogP contribution in [0.1, 0.15) is 12.0 Å². The van der Waals surface area contributed by atoms with Gasteiger partial charge >= 0.3 is 0 Å². The third-order valence-electron chi connectivity index (χ3n) is 4.49. The van der Waals surface area contributed by atoms with Crippen LogP contribution in [0.3, 0.4) is 0 Å². The molecule has 6 nitrogen and oxygen atoms in total. The predicted octanol–water partition coefficient (Wildman–Crippen LogP) is 3.25. The summed E-state index contributed by atoms with van der Waals surface area (Å²) in [6.07, 6.45) is 0.553. The number of rotatable bonds is 7. The van der Waals surface area contributed by atoms with E-state index in [1.54, 1.807) is 44.6 Å². The van der Waals surface area contributed by atoms with Crippen molar-refractivity contribution in [2.24, 2.45) is 11.8 Å². The standard InChI is InChI=1S/C20H21ClN2O4/c1-26-17-8-3-12(9-18(17)27-2)11-22-19(24)15-10-16(15)20(25)23-14-6-4-13(21)5-7-14/h3-9,15-16H,10-11H2,1-2H3,(H,22,24)(H,23,25). The molecular formula is C20H21ClN2O4. The first-order valence-corrected chi connectivity index (χ1v) is 8.94. The van der Waals surface area contributed by atoms with Crippen molar-refractivity contribution in [1.29, 1.82) is 0 Å². The Kier molecular flexibility index (Phi) is 5.86. The molecule has 2 aromatic carbocycles. The van der Waals surface area contributed by atoms with Crippen molar-refractivity contribution in [3.63, 3.8) is 0 Å². The molecule has 7 heteroatoms. The summed E-state index contributed by atoms with van der Waals surface area (Å²) >= 11 is 5.83. The van der Waals surface area contributed by atoms with Gasteiger partial charge in [0, 0.05) is 17.3 Å². The lowest BCUT2D eigenvalue weighted by atomic mass is 10.2. The number of carbonyl (C=O) groups excluding carboxylic acids is 2. The van der Waals surface area contributed by atoms with E-state index in [0.717, 1.165) is 5.56 Å². The molecule has 0 saturated heterocycles. The summed E-state index contributed by atoms with van der Waals surface area (Å²) in [6, 6.07) is 12.3. The predicted molar refractivity (Wildman–Crippen MR) is 103 cm³/mol. The summed E-state index contributed by atoms with van der Waals surface area (Å²) in [5.74, 6) is 0.373. The second-order valence-corrected chi connectivity index (χ2v) is 6.79. The summed E-state index contributed by atoms with van der Waals surface area (Å²) in [7, 11) is 3.13. The molecule has 0 heterocycles. The SMILES string of the molecule is COc1ccc(CNC(=O)C2CC2C(=O)Nc2ccc(Cl)cc2)cc1OC. The van der Waals surface area contributed by atoms with Gasteiger partial charge in [0.2, 0.25) is 11.8 Å². The van der Waals surface area contributed by atoms with Gasteiger partial charge in [-0.2, -0.15) is 0 Å². The fraction of sp³-hybridized carbons (Fsp3) is 0.300. The fourth-order valence-electron chi connectivity index (χ4n) is 2.85. The zero-order valence-electron chi connectivity index (χ0n) is 15.1. The minimum atomic E-state index is -0.300. The Morgan fingerprint density at radius 1 is 1.00 bits per heavy atom. The number of carbonyl (C=O) groups is 2. The molecule has 0 aromatic heterocycles. The third kappa shape index (κ3) is 4.71. The number of ether oxygens (including phenoxy) is 2. The number of nitrogens with one attached hydrogen (secondary N) is 2. The molecule has 142 valence electrons. The Morgan fingerprint density at radius 2 is 1.67 bits per heavy atom. The van der Waals surface area contributed by atoms with Crippen LogP contribution < -0.4 is 20.1 Å². The van der Waals surface area contributed by atoms with Crippen LogP contribution in [0.2, 0.25) is 5.02 Å². The van der Waals surface area contributed by atoms with Crippen molar-refractivity contribution in [3.8, 4) is 11.5 Å². The number of hydrogen-bond acceptors (Lipinski definition) is 4. The van der Waals surface area contributed by atoms with Gasteiger partial charge in [-0.15, -0.1) is 0 Å². The number of benzene rings is 2. The van der Waals surface area contributed by atoms with Gasteiger partial charge in [0.05, 0.1) is 26.1 Å². The molecular weight excluding hydrogens is 368 g/mol. The largest absolute Gasteiger partial charge is 0.493 e. The van der Waals surface area contributed by atoms with E-state index < -0.39 is 0 Å². The molecule has 2 amide bonds. The first-order chi connectivity index (χ1) is 13.0. The zero-order valence-corrected chi connectivity index (χ0v) is 15.9. The van der Waals surface area contributed by atoms with Crippen molar-refractivity contribution in [2.45, 2.75) is 13.0 Å². The Labute approximate surface area is 162 Å². The minimum absolute atomic E-state index is 0.124. The van der Waals surface area contributed by atoms with E-state index in [9.17, 15) is 9.59 Å². The number of amides is 2. The second-order valence-electron chi connectivity index (χ2n) is 6.35. The van der Waals surface area contributed by atoms with Gasteiger partial charge in [-0.25, -0.2) is 0 Å². The molecule has 27 heavy (non-hydrogen) atoms. The molecule has 2 unspecified atom stereocenters. The van der Waals surface area contributed by atoms with Crippen LogP contribution in [0, 0.1) is 11.8 Å². The lowest BCUT2D eigenvalue weighted by Crippen LogP contribution is -2.27. The van der Waals surface area contributed by atoms with Crippen LogP contribution in [0.4, 0.5) is 5.69 Å². The number of halogens is 1. The van der Waals surface area contributed by atoms with E-state index in [1.165, 1.54) is 0 Å². The topological polar surface area (TPSA) is 76.7 Å². The second kappa shape index (κ2) is 8.31. The van der Waals surface area contributed by atoms with Crippen molar-refractivity contribution in [2.75, 3.05) is 19.5 Å². The van der Waals surface area contributed by atoms with Gasteiger partial charge in [0.25, 0.3) is 0 Å². The molecule has 0 bridgehead atoms. The average molecular weight is 389 g/mol. The van der Waals surface area contributed by atoms with Crippen LogP contribution in [-0.4, -0.2) is 26.0 Å². The fourth-order valence-corrected chi connectivity index (χ4v) is 2.98. The van der Waals surface area contributed by atoms with Crippen LogP contribution in [0.5, 0.6) is 11.5 Å². The maximum Gasteiger partial charge on any atom is 0.228 e. The van der Waals surface area contributed by atoms with Crippen molar-refractivity contribution in [1.82, 2.24) is 5.32 Å². The van der Waals surface area contributed by atoms with Crippen LogP contribution in [0.25, 0.3) is 0 Å². The molecule has 2 aromatic rings. The summed E-state index contributed by atoms with van der Waals surface area (Å²) in [5.41, 5.74) is 1.56. The van der Waals surface area contributed by atoms with Gasteiger partial charge < -0.3 is 20.1 Å². The van der Waals surface area contributed by atoms with E-state index in [2.05, 4.69) is 10.6 Å². The Hall–Kier alpha value is -2.73. The maximum absolute atomic E-state index is 12.3. The Balaban J connectivity index is 1.50. The third-order valence-corrected chi connectivity index (χ3v) is 4.74. The van der Waals surface area contributed by atoms with Crippen molar-refractivity contribution >= 4 is 29.1 Å². The van der Waals surface area contributed by atoms with Gasteiger partial charge in [-0.05, 0) is 48.4 Å². The normalized spacial score (nSPS) is 17.7. The molecule has 1 aliphatic carbocycles. The molecule has 0 spiro atoms. The monoisotopic (exact) mass is 388 g/mol. The number of methoxy groups -OCH3 is 2. The lowest BCUT2D eigenvalue weighted by Gasteiger charge is -2.10.